The average molecular weight is 865 g/mol. The predicted molar refractivity (Wildman–Crippen MR) is 212 cm³/mol. The Morgan fingerprint density at radius 1 is 0.931 bits per heavy atom. The van der Waals surface area contributed by atoms with E-state index in [-0.39, 0.29) is 83.6 Å². The Hall–Kier alpha value is -3.66. The van der Waals surface area contributed by atoms with Gasteiger partial charge in [0.2, 0.25) is 5.95 Å². The molecule has 3 saturated heterocycles. The minimum atomic E-state index is -4.40. The van der Waals surface area contributed by atoms with Gasteiger partial charge in [0.05, 0.1) is 22.0 Å². The van der Waals surface area contributed by atoms with Gasteiger partial charge < -0.3 is 10.2 Å². The van der Waals surface area contributed by atoms with E-state index in [4.69, 9.17) is 9.97 Å². The topological polar surface area (TPSA) is 147 Å². The van der Waals surface area contributed by atoms with Crippen LogP contribution in [0.4, 0.5) is 38.7 Å². The molecule has 310 valence electrons. The van der Waals surface area contributed by atoms with E-state index < -0.39 is 39.0 Å². The molecule has 6 aliphatic rings. The third-order valence-electron chi connectivity index (χ3n) is 12.6. The lowest BCUT2D eigenvalue weighted by Crippen LogP contribution is -2.61. The van der Waals surface area contributed by atoms with Gasteiger partial charge in [-0.1, -0.05) is 35.6 Å². The molecule has 12 nitrogen and oxygen atoms in total. The molecule has 4 N–H and O–H groups in total. The number of hydrogen-bond acceptors (Lipinski definition) is 11. The SMILES string of the molecule is O=S(=O)(Nc1cccc(-c2nc(N3C4CCC3CN(C3CC(F)(F)C3)C4)sc2-c2ccnc(NC3CC4(C3)CS(O)(O)C4)n2)c1F)N1Cc2cccc(C(F)F)c2C1. The summed E-state index contributed by atoms with van der Waals surface area (Å²) < 4.78 is 122. The Labute approximate surface area is 337 Å². The molecule has 5 fully saturated rings. The van der Waals surface area contributed by atoms with Crippen molar-refractivity contribution in [3.05, 3.63) is 71.2 Å². The number of halogens is 5. The Balaban J connectivity index is 0.955. The van der Waals surface area contributed by atoms with Crippen molar-refractivity contribution in [3.63, 3.8) is 0 Å². The highest BCUT2D eigenvalue weighted by Crippen LogP contribution is 2.66. The zero-order valence-corrected chi connectivity index (χ0v) is 33.4. The third-order valence-corrected chi connectivity index (χ3v) is 17.3. The molecule has 0 amide bonds. The predicted octanol–water partition coefficient (Wildman–Crippen LogP) is 7.79. The Morgan fingerprint density at radius 2 is 1.66 bits per heavy atom. The summed E-state index contributed by atoms with van der Waals surface area (Å²) in [6, 6.07) is 10.2. The van der Waals surface area contributed by atoms with Gasteiger partial charge in [0.15, 0.2) is 10.9 Å². The summed E-state index contributed by atoms with van der Waals surface area (Å²) in [5.41, 5.74) is 0.737. The zero-order valence-electron chi connectivity index (χ0n) is 31.0. The summed E-state index contributed by atoms with van der Waals surface area (Å²) in [6.45, 7) is 0.765. The minimum absolute atomic E-state index is 0.0106. The third kappa shape index (κ3) is 6.81. The first-order valence-electron chi connectivity index (χ1n) is 19.2. The molecule has 0 radical (unpaired) electrons. The monoisotopic (exact) mass is 864 g/mol. The second-order valence-electron chi connectivity index (χ2n) is 16.8. The molecule has 4 aliphatic heterocycles. The lowest BCUT2D eigenvalue weighted by Gasteiger charge is -2.63. The van der Waals surface area contributed by atoms with E-state index >= 15 is 4.39 Å². The largest absolute Gasteiger partial charge is 0.351 e. The van der Waals surface area contributed by atoms with E-state index in [1.807, 2.05) is 0 Å². The van der Waals surface area contributed by atoms with E-state index in [0.717, 1.165) is 30.0 Å². The highest BCUT2D eigenvalue weighted by molar-refractivity contribution is 8.25. The number of rotatable bonds is 10. The number of piperazine rings is 1. The first-order chi connectivity index (χ1) is 27.5. The summed E-state index contributed by atoms with van der Waals surface area (Å²) in [5.74, 6) is -2.35. The maximum atomic E-state index is 16.8. The summed E-state index contributed by atoms with van der Waals surface area (Å²) >= 11 is 1.33. The van der Waals surface area contributed by atoms with Crippen LogP contribution >= 0.6 is 21.9 Å². The lowest BCUT2D eigenvalue weighted by atomic mass is 9.67. The molecule has 1 spiro atoms. The number of benzene rings is 2. The normalized spacial score (nSPS) is 25.6. The molecule has 2 saturated carbocycles. The van der Waals surface area contributed by atoms with E-state index in [2.05, 4.69) is 24.8 Å². The van der Waals surface area contributed by atoms with Crippen LogP contribution in [0, 0.1) is 11.2 Å². The number of fused-ring (bicyclic) bond motifs is 3. The maximum Gasteiger partial charge on any atom is 0.302 e. The standard InChI is InChI=1S/C38H41F5N8O4S3/c39-31-27(5-2-6-29(31)48-58(54,55)50-15-21-3-1-4-26(34(40)41)28(21)18-50)32-33(30-9-10-44-35(46-30)45-22-11-37(12-22)19-57(52,53)20-37)56-36(47-32)51-23-7-8-24(51)17-49(16-23)25-13-38(42,43)14-25/h1-6,9-10,22-25,34,48,52-53H,7-8,11-20H2,(H,44,45,46). The van der Waals surface area contributed by atoms with Crippen molar-refractivity contribution in [2.45, 2.75) is 88.1 Å². The van der Waals surface area contributed by atoms with E-state index in [0.29, 0.717) is 51.8 Å². The fraction of sp³-hybridized carbons (Fsp3) is 0.500. The summed E-state index contributed by atoms with van der Waals surface area (Å²) in [7, 11) is -6.88. The summed E-state index contributed by atoms with van der Waals surface area (Å²) in [6.07, 6.45) is 1.72. The molecule has 2 aliphatic carbocycles. The van der Waals surface area contributed by atoms with Gasteiger partial charge in [-0.15, -0.1) is 0 Å². The molecule has 2 aromatic carbocycles. The van der Waals surface area contributed by atoms with Crippen LogP contribution in [0.2, 0.25) is 0 Å². The van der Waals surface area contributed by atoms with Crippen LogP contribution in [0.15, 0.2) is 48.7 Å². The molecule has 58 heavy (non-hydrogen) atoms. The molecule has 2 atom stereocenters. The number of hydrogen-bond donors (Lipinski definition) is 4. The van der Waals surface area contributed by atoms with Crippen molar-refractivity contribution in [1.82, 2.24) is 24.2 Å². The van der Waals surface area contributed by atoms with Gasteiger partial charge in [-0.2, -0.15) is 23.3 Å². The van der Waals surface area contributed by atoms with E-state index in [1.165, 1.54) is 41.7 Å². The first kappa shape index (κ1) is 38.5. The minimum Gasteiger partial charge on any atom is -0.351 e. The Bertz CT molecular complexity index is 2370. The fourth-order valence-corrected chi connectivity index (χ4v) is 14.7. The average Bonchev–Trinajstić information content (AvgIpc) is 3.84. The van der Waals surface area contributed by atoms with Crippen LogP contribution in [0.5, 0.6) is 0 Å². The van der Waals surface area contributed by atoms with Crippen molar-refractivity contribution in [2.75, 3.05) is 39.5 Å². The first-order valence-corrected chi connectivity index (χ1v) is 23.4. The van der Waals surface area contributed by atoms with Crippen LogP contribution in [0.25, 0.3) is 21.8 Å². The van der Waals surface area contributed by atoms with Gasteiger partial charge in [-0.3, -0.25) is 18.7 Å². The number of thiazole rings is 1. The van der Waals surface area contributed by atoms with Crippen molar-refractivity contribution < 1.29 is 39.5 Å². The molecule has 2 unspecified atom stereocenters. The van der Waals surface area contributed by atoms with Gasteiger partial charge in [0.25, 0.3) is 12.3 Å². The van der Waals surface area contributed by atoms with Gasteiger partial charge in [0.1, 0.15) is 0 Å². The van der Waals surface area contributed by atoms with Crippen molar-refractivity contribution >= 4 is 48.9 Å². The number of aromatic nitrogens is 3. The quantitative estimate of drug-likeness (QED) is 0.117. The highest BCUT2D eigenvalue weighted by atomic mass is 32.3. The van der Waals surface area contributed by atoms with Gasteiger partial charge in [0, 0.05) is 97.4 Å². The second kappa shape index (κ2) is 13.7. The number of anilines is 3. The Kier molecular flexibility index (Phi) is 9.09. The molecular weight excluding hydrogens is 824 g/mol. The van der Waals surface area contributed by atoms with Crippen molar-refractivity contribution in [1.29, 1.82) is 0 Å². The fourth-order valence-electron chi connectivity index (χ4n) is 10.00. The lowest BCUT2D eigenvalue weighted by molar-refractivity contribution is -0.127. The van der Waals surface area contributed by atoms with Crippen molar-refractivity contribution in [3.8, 4) is 21.8 Å². The number of nitrogens with one attached hydrogen (secondary N) is 2. The number of nitrogens with zero attached hydrogens (tertiary/aromatic N) is 6. The molecule has 10 rings (SSSR count). The van der Waals surface area contributed by atoms with Crippen LogP contribution in [-0.4, -0.2) is 96.4 Å². The number of alkyl halides is 4. The maximum absolute atomic E-state index is 16.8. The van der Waals surface area contributed by atoms with Crippen LogP contribution in [-0.2, 0) is 23.3 Å². The van der Waals surface area contributed by atoms with Crippen LogP contribution in [0.3, 0.4) is 0 Å². The second-order valence-corrected chi connectivity index (χ2v) is 21.6. The van der Waals surface area contributed by atoms with E-state index in [9.17, 15) is 35.1 Å². The molecule has 6 heterocycles. The van der Waals surface area contributed by atoms with Gasteiger partial charge >= 0.3 is 10.2 Å². The van der Waals surface area contributed by atoms with Crippen molar-refractivity contribution in [2.24, 2.45) is 5.41 Å². The summed E-state index contributed by atoms with van der Waals surface area (Å²) in [5, 5.41) is 3.97. The molecule has 4 aromatic rings. The van der Waals surface area contributed by atoms with Gasteiger partial charge in [-0.05, 0) is 55.0 Å². The highest BCUT2D eigenvalue weighted by Gasteiger charge is 2.56. The van der Waals surface area contributed by atoms with Gasteiger partial charge in [-0.25, -0.2) is 36.9 Å². The molecule has 20 heteroatoms. The molecular formula is C38H41F5N8O4S3. The number of likely N-dealkylation sites (tertiary alicyclic amines) is 1. The zero-order chi connectivity index (χ0) is 40.4. The van der Waals surface area contributed by atoms with Crippen LogP contribution < -0.4 is 14.9 Å². The molecule has 2 aromatic heterocycles. The Morgan fingerprint density at radius 3 is 2.34 bits per heavy atom. The smallest absolute Gasteiger partial charge is 0.302 e. The molecule has 2 bridgehead atoms. The van der Waals surface area contributed by atoms with Crippen LogP contribution in [0.1, 0.15) is 61.6 Å². The van der Waals surface area contributed by atoms with E-state index in [1.54, 1.807) is 18.3 Å². The summed E-state index contributed by atoms with van der Waals surface area (Å²) in [4.78, 5) is 19.2.